The Morgan fingerprint density at radius 1 is 1.12 bits per heavy atom. The molecule has 1 N–H and O–H groups in total. The third-order valence-electron chi connectivity index (χ3n) is 4.90. The molecule has 0 spiro atoms. The van der Waals surface area contributed by atoms with Crippen LogP contribution in [0.25, 0.3) is 0 Å². The fourth-order valence-electron chi connectivity index (χ4n) is 3.80. The van der Waals surface area contributed by atoms with Gasteiger partial charge in [0.25, 0.3) is 0 Å². The third kappa shape index (κ3) is 1.65. The zero-order valence-corrected chi connectivity index (χ0v) is 10.1. The van der Waals surface area contributed by atoms with Crippen LogP contribution < -0.4 is 5.32 Å². The van der Waals surface area contributed by atoms with Gasteiger partial charge >= 0.3 is 0 Å². The van der Waals surface area contributed by atoms with Crippen molar-refractivity contribution >= 4 is 5.91 Å². The summed E-state index contributed by atoms with van der Waals surface area (Å²) in [4.78, 5) is 14.4. The third-order valence-corrected chi connectivity index (χ3v) is 4.90. The topological polar surface area (TPSA) is 32.3 Å². The molecule has 2 aliphatic carbocycles. The molecule has 2 atom stereocenters. The Hall–Kier alpha value is -0.570. The number of fused-ring (bicyclic) bond motifs is 1. The molecule has 3 aliphatic rings. The lowest BCUT2D eigenvalue weighted by atomic mass is 10.0. The first-order valence-electron chi connectivity index (χ1n) is 6.76. The maximum absolute atomic E-state index is 12.3. The molecule has 2 saturated carbocycles. The van der Waals surface area contributed by atoms with E-state index in [-0.39, 0.29) is 0 Å². The minimum absolute atomic E-state index is 0.411. The molecule has 3 rings (SSSR count). The van der Waals surface area contributed by atoms with Crippen molar-refractivity contribution in [1.29, 1.82) is 0 Å². The van der Waals surface area contributed by atoms with Crippen molar-refractivity contribution in [3.05, 3.63) is 0 Å². The summed E-state index contributed by atoms with van der Waals surface area (Å²) >= 11 is 0. The van der Waals surface area contributed by atoms with Crippen LogP contribution in [-0.2, 0) is 4.79 Å². The van der Waals surface area contributed by atoms with E-state index in [1.54, 1.807) is 0 Å². The van der Waals surface area contributed by atoms with E-state index in [0.29, 0.717) is 17.9 Å². The standard InChI is InChI=1S/C13H22N2O/c1-15(9-5-7-14-8-6-9)13(16)12-10-3-2-4-11(10)12/h9-12,14H,2-8H2,1H3. The van der Waals surface area contributed by atoms with E-state index in [9.17, 15) is 4.79 Å². The highest BCUT2D eigenvalue weighted by atomic mass is 16.2. The van der Waals surface area contributed by atoms with Crippen LogP contribution in [0.3, 0.4) is 0 Å². The van der Waals surface area contributed by atoms with E-state index in [1.165, 1.54) is 19.3 Å². The fourth-order valence-corrected chi connectivity index (χ4v) is 3.80. The fraction of sp³-hybridized carbons (Fsp3) is 0.923. The Morgan fingerprint density at radius 3 is 2.38 bits per heavy atom. The van der Waals surface area contributed by atoms with Crippen molar-refractivity contribution in [2.45, 2.75) is 38.1 Å². The molecule has 0 aromatic carbocycles. The lowest BCUT2D eigenvalue weighted by molar-refractivity contribution is -0.134. The summed E-state index contributed by atoms with van der Waals surface area (Å²) in [6, 6.07) is 0.495. The monoisotopic (exact) mass is 222 g/mol. The van der Waals surface area contributed by atoms with E-state index < -0.39 is 0 Å². The molecule has 16 heavy (non-hydrogen) atoms. The van der Waals surface area contributed by atoms with Gasteiger partial charge in [-0.25, -0.2) is 0 Å². The average Bonchev–Trinajstić information content (AvgIpc) is 2.81. The number of amides is 1. The molecule has 3 fully saturated rings. The van der Waals surface area contributed by atoms with E-state index in [2.05, 4.69) is 10.2 Å². The first-order valence-corrected chi connectivity index (χ1v) is 6.76. The van der Waals surface area contributed by atoms with Gasteiger partial charge in [-0.2, -0.15) is 0 Å². The summed E-state index contributed by atoms with van der Waals surface area (Å²) in [7, 11) is 2.02. The number of piperidine rings is 1. The first kappa shape index (κ1) is 10.6. The maximum atomic E-state index is 12.3. The maximum Gasteiger partial charge on any atom is 0.226 e. The molecule has 2 unspecified atom stereocenters. The van der Waals surface area contributed by atoms with Gasteiger partial charge in [0.1, 0.15) is 0 Å². The summed E-state index contributed by atoms with van der Waals surface area (Å²) in [5.74, 6) is 2.38. The van der Waals surface area contributed by atoms with Gasteiger partial charge in [0.15, 0.2) is 0 Å². The van der Waals surface area contributed by atoms with Gasteiger partial charge in [-0.3, -0.25) is 4.79 Å². The van der Waals surface area contributed by atoms with Gasteiger partial charge in [0.05, 0.1) is 0 Å². The Labute approximate surface area is 97.6 Å². The molecule has 90 valence electrons. The summed E-state index contributed by atoms with van der Waals surface area (Å²) in [6.07, 6.45) is 6.23. The van der Waals surface area contributed by atoms with Crippen LogP contribution in [0, 0.1) is 17.8 Å². The minimum atomic E-state index is 0.411. The van der Waals surface area contributed by atoms with Crippen molar-refractivity contribution in [3.8, 4) is 0 Å². The van der Waals surface area contributed by atoms with Gasteiger partial charge in [0.2, 0.25) is 5.91 Å². The van der Waals surface area contributed by atoms with Crippen LogP contribution in [0.5, 0.6) is 0 Å². The van der Waals surface area contributed by atoms with E-state index in [1.807, 2.05) is 7.05 Å². The number of nitrogens with zero attached hydrogens (tertiary/aromatic N) is 1. The summed E-state index contributed by atoms with van der Waals surface area (Å²) in [5.41, 5.74) is 0. The predicted molar refractivity (Wildman–Crippen MR) is 63.0 cm³/mol. The van der Waals surface area contributed by atoms with Crippen molar-refractivity contribution in [2.24, 2.45) is 17.8 Å². The van der Waals surface area contributed by atoms with Crippen molar-refractivity contribution in [3.63, 3.8) is 0 Å². The van der Waals surface area contributed by atoms with Crippen LogP contribution in [0.4, 0.5) is 0 Å². The zero-order valence-electron chi connectivity index (χ0n) is 10.1. The Bertz CT molecular complexity index is 276. The number of carbonyl (C=O) groups excluding carboxylic acids is 1. The Morgan fingerprint density at radius 2 is 1.75 bits per heavy atom. The minimum Gasteiger partial charge on any atom is -0.342 e. The van der Waals surface area contributed by atoms with E-state index >= 15 is 0 Å². The summed E-state index contributed by atoms with van der Waals surface area (Å²) in [5, 5.41) is 3.36. The van der Waals surface area contributed by atoms with Crippen molar-refractivity contribution in [2.75, 3.05) is 20.1 Å². The smallest absolute Gasteiger partial charge is 0.226 e. The lowest BCUT2D eigenvalue weighted by Crippen LogP contribution is -2.44. The predicted octanol–water partition coefficient (Wildman–Crippen LogP) is 1.24. The molecular formula is C13H22N2O. The summed E-state index contributed by atoms with van der Waals surface area (Å²) < 4.78 is 0. The number of nitrogens with one attached hydrogen (secondary N) is 1. The van der Waals surface area contributed by atoms with Gasteiger partial charge < -0.3 is 10.2 Å². The van der Waals surface area contributed by atoms with E-state index in [0.717, 1.165) is 37.8 Å². The molecule has 0 radical (unpaired) electrons. The first-order chi connectivity index (χ1) is 7.79. The van der Waals surface area contributed by atoms with Crippen LogP contribution >= 0.6 is 0 Å². The molecule has 0 bridgehead atoms. The molecule has 0 aromatic heterocycles. The van der Waals surface area contributed by atoms with E-state index in [4.69, 9.17) is 0 Å². The van der Waals surface area contributed by atoms with Crippen LogP contribution in [0.15, 0.2) is 0 Å². The molecule has 1 amide bonds. The normalized spacial score (nSPS) is 38.2. The average molecular weight is 222 g/mol. The molecule has 1 saturated heterocycles. The SMILES string of the molecule is CN(C(=O)C1C2CCCC21)C1CCNCC1. The second-order valence-corrected chi connectivity index (χ2v) is 5.71. The molecule has 0 aromatic rings. The number of carbonyl (C=O) groups is 1. The van der Waals surface area contributed by atoms with Gasteiger partial charge in [-0.15, -0.1) is 0 Å². The van der Waals surface area contributed by atoms with Crippen molar-refractivity contribution < 1.29 is 4.79 Å². The number of hydrogen-bond donors (Lipinski definition) is 1. The van der Waals surface area contributed by atoms with Crippen LogP contribution in [-0.4, -0.2) is 37.0 Å². The highest BCUT2D eigenvalue weighted by Gasteiger charge is 2.57. The largest absolute Gasteiger partial charge is 0.342 e. The molecular weight excluding hydrogens is 200 g/mol. The summed E-state index contributed by atoms with van der Waals surface area (Å²) in [6.45, 7) is 2.14. The molecule has 3 nitrogen and oxygen atoms in total. The second-order valence-electron chi connectivity index (χ2n) is 5.71. The highest BCUT2D eigenvalue weighted by molar-refractivity contribution is 5.82. The van der Waals surface area contributed by atoms with Gasteiger partial charge in [-0.1, -0.05) is 6.42 Å². The van der Waals surface area contributed by atoms with Crippen LogP contribution in [0.1, 0.15) is 32.1 Å². The second kappa shape index (κ2) is 4.02. The highest BCUT2D eigenvalue weighted by Crippen LogP contribution is 2.58. The van der Waals surface area contributed by atoms with Gasteiger partial charge in [0, 0.05) is 19.0 Å². The Balaban J connectivity index is 1.58. The number of rotatable bonds is 2. The zero-order chi connectivity index (χ0) is 11.1. The van der Waals surface area contributed by atoms with Crippen LogP contribution in [0.2, 0.25) is 0 Å². The molecule has 3 heteroatoms. The molecule has 1 aliphatic heterocycles. The van der Waals surface area contributed by atoms with Crippen molar-refractivity contribution in [1.82, 2.24) is 10.2 Å². The lowest BCUT2D eigenvalue weighted by Gasteiger charge is -2.32. The quantitative estimate of drug-likeness (QED) is 0.762. The molecule has 1 heterocycles. The Kier molecular flexibility index (Phi) is 2.66. The van der Waals surface area contributed by atoms with Gasteiger partial charge in [-0.05, 0) is 50.6 Å². The number of hydrogen-bond acceptors (Lipinski definition) is 2.